The molecule has 0 radical (unpaired) electrons. The molecule has 5 rings (SSSR count). The Bertz CT molecular complexity index is 1060. The number of hydrogen-bond donors (Lipinski definition) is 0. The van der Waals surface area contributed by atoms with Gasteiger partial charge in [0.15, 0.2) is 11.5 Å². The topological polar surface area (TPSA) is 48.0 Å². The zero-order valence-electron chi connectivity index (χ0n) is 13.5. The zero-order chi connectivity index (χ0) is 16.1. The number of imidazole rings is 1. The Morgan fingerprint density at radius 1 is 1.00 bits per heavy atom. The van der Waals surface area contributed by atoms with E-state index in [1.807, 2.05) is 29.6 Å². The maximum absolute atomic E-state index is 4.82. The summed E-state index contributed by atoms with van der Waals surface area (Å²) in [7, 11) is 0. The van der Waals surface area contributed by atoms with Crippen LogP contribution >= 0.6 is 0 Å². The first-order valence-electron chi connectivity index (χ1n) is 8.23. The maximum atomic E-state index is 4.82. The second kappa shape index (κ2) is 5.03. The van der Waals surface area contributed by atoms with Gasteiger partial charge in [-0.1, -0.05) is 30.3 Å². The molecule has 24 heavy (non-hydrogen) atoms. The van der Waals surface area contributed by atoms with E-state index >= 15 is 0 Å². The summed E-state index contributed by atoms with van der Waals surface area (Å²) in [4.78, 5) is 9.42. The first kappa shape index (κ1) is 13.5. The van der Waals surface area contributed by atoms with Crippen LogP contribution in [-0.2, 0) is 19.4 Å². The minimum Gasteiger partial charge on any atom is -0.326 e. The van der Waals surface area contributed by atoms with Crippen LogP contribution in [0.2, 0.25) is 0 Å². The van der Waals surface area contributed by atoms with Crippen molar-refractivity contribution < 1.29 is 0 Å². The van der Waals surface area contributed by atoms with Crippen LogP contribution in [0, 0.1) is 6.92 Å². The molecule has 0 unspecified atom stereocenters. The first-order chi connectivity index (χ1) is 11.8. The fourth-order valence-corrected chi connectivity index (χ4v) is 3.41. The number of nitrogens with zero attached hydrogens (tertiary/aromatic N) is 5. The third-order valence-corrected chi connectivity index (χ3v) is 4.62. The molecule has 5 nitrogen and oxygen atoms in total. The Kier molecular flexibility index (Phi) is 2.82. The van der Waals surface area contributed by atoms with E-state index in [2.05, 4.69) is 45.1 Å². The highest BCUT2D eigenvalue weighted by Crippen LogP contribution is 2.30. The summed E-state index contributed by atoms with van der Waals surface area (Å²) in [6.07, 6.45) is 3.83. The number of rotatable bonds is 3. The average molecular weight is 315 g/mol. The summed E-state index contributed by atoms with van der Waals surface area (Å²) < 4.78 is 4.14. The van der Waals surface area contributed by atoms with E-state index < -0.39 is 0 Å². The maximum Gasteiger partial charge on any atom is 0.155 e. The van der Waals surface area contributed by atoms with Gasteiger partial charge in [0.2, 0.25) is 0 Å². The van der Waals surface area contributed by atoms with Crippen LogP contribution in [0.25, 0.3) is 17.0 Å². The predicted octanol–water partition coefficient (Wildman–Crippen LogP) is 3.05. The van der Waals surface area contributed by atoms with Crippen LogP contribution in [-0.4, -0.2) is 24.1 Å². The van der Waals surface area contributed by atoms with Crippen LogP contribution in [0.4, 0.5) is 0 Å². The van der Waals surface area contributed by atoms with Crippen LogP contribution in [0.1, 0.15) is 22.8 Å². The quantitative estimate of drug-likeness (QED) is 0.514. The van der Waals surface area contributed by atoms with Gasteiger partial charge in [0.1, 0.15) is 5.82 Å². The third-order valence-electron chi connectivity index (χ3n) is 4.62. The molecule has 118 valence electrons. The van der Waals surface area contributed by atoms with Gasteiger partial charge in [-0.05, 0) is 31.0 Å². The Hall–Kier alpha value is -2.95. The standard InChI is InChI=1S/C19H17N5/c1-13-5-4-8-18-21-17(22-24(13)18)10-9-15-12-23-11-14-6-2-3-7-16(14)19(23)20-15/h2-8,12H,9-11H2,1H3. The highest BCUT2D eigenvalue weighted by molar-refractivity contribution is 5.65. The minimum absolute atomic E-state index is 0.805. The average Bonchev–Trinajstić information content (AvgIpc) is 3.25. The van der Waals surface area contributed by atoms with Gasteiger partial charge in [-0.2, -0.15) is 5.10 Å². The second-order valence-electron chi connectivity index (χ2n) is 6.31. The molecule has 0 bridgehead atoms. The van der Waals surface area contributed by atoms with Crippen molar-refractivity contribution in [2.24, 2.45) is 0 Å². The van der Waals surface area contributed by atoms with Crippen LogP contribution in [0.3, 0.4) is 0 Å². The van der Waals surface area contributed by atoms with Crippen LogP contribution in [0.5, 0.6) is 0 Å². The molecular weight excluding hydrogens is 298 g/mol. The van der Waals surface area contributed by atoms with Gasteiger partial charge in [0.25, 0.3) is 0 Å². The SMILES string of the molecule is Cc1cccc2nc(CCc3cn4c(n3)-c3ccccc3C4)nn12. The summed E-state index contributed by atoms with van der Waals surface area (Å²) in [5, 5.41) is 4.60. The molecule has 4 aromatic rings. The fourth-order valence-electron chi connectivity index (χ4n) is 3.41. The summed E-state index contributed by atoms with van der Waals surface area (Å²) in [6.45, 7) is 2.97. The molecule has 5 heteroatoms. The van der Waals surface area contributed by atoms with Gasteiger partial charge in [-0.15, -0.1) is 0 Å². The van der Waals surface area contributed by atoms with Gasteiger partial charge >= 0.3 is 0 Å². The lowest BCUT2D eigenvalue weighted by Gasteiger charge is -1.97. The molecule has 0 saturated heterocycles. The number of aryl methyl sites for hydroxylation is 3. The molecule has 0 atom stereocenters. The van der Waals surface area contributed by atoms with Crippen molar-refractivity contribution in [1.82, 2.24) is 24.1 Å². The molecule has 0 aliphatic carbocycles. The highest BCUT2D eigenvalue weighted by atomic mass is 15.3. The van der Waals surface area contributed by atoms with E-state index in [1.54, 1.807) is 0 Å². The molecule has 0 saturated carbocycles. The molecule has 0 spiro atoms. The number of aromatic nitrogens is 5. The molecule has 0 amide bonds. The van der Waals surface area contributed by atoms with Gasteiger partial charge in [-0.3, -0.25) is 0 Å². The predicted molar refractivity (Wildman–Crippen MR) is 91.9 cm³/mol. The van der Waals surface area contributed by atoms with Gasteiger partial charge in [-0.25, -0.2) is 14.5 Å². The number of pyridine rings is 1. The largest absolute Gasteiger partial charge is 0.326 e. The van der Waals surface area contributed by atoms with Crippen LogP contribution in [0.15, 0.2) is 48.7 Å². The van der Waals surface area contributed by atoms with E-state index in [4.69, 9.17) is 4.98 Å². The molecule has 4 heterocycles. The van der Waals surface area contributed by atoms with Crippen molar-refractivity contribution in [1.29, 1.82) is 0 Å². The number of benzene rings is 1. The minimum atomic E-state index is 0.805. The zero-order valence-corrected chi connectivity index (χ0v) is 13.5. The molecule has 1 aliphatic heterocycles. The molecule has 3 aromatic heterocycles. The first-order valence-corrected chi connectivity index (χ1v) is 8.23. The summed E-state index contributed by atoms with van der Waals surface area (Å²) >= 11 is 0. The summed E-state index contributed by atoms with van der Waals surface area (Å²) in [5.41, 5.74) is 5.72. The smallest absolute Gasteiger partial charge is 0.155 e. The molecule has 0 N–H and O–H groups in total. The van der Waals surface area contributed by atoms with E-state index in [0.717, 1.165) is 48.1 Å². The summed E-state index contributed by atoms with van der Waals surface area (Å²) in [6, 6.07) is 14.5. The van der Waals surface area contributed by atoms with Gasteiger partial charge < -0.3 is 4.57 Å². The van der Waals surface area contributed by atoms with Crippen molar-refractivity contribution in [3.8, 4) is 11.4 Å². The molecular formula is C19H17N5. The normalized spacial score (nSPS) is 12.5. The molecule has 1 aliphatic rings. The number of fused-ring (bicyclic) bond motifs is 4. The van der Waals surface area contributed by atoms with E-state index in [9.17, 15) is 0 Å². The van der Waals surface area contributed by atoms with Gasteiger partial charge in [0.05, 0.1) is 5.69 Å². The highest BCUT2D eigenvalue weighted by Gasteiger charge is 2.20. The fraction of sp³-hybridized carbons (Fsp3) is 0.211. The monoisotopic (exact) mass is 315 g/mol. The third kappa shape index (κ3) is 2.05. The van der Waals surface area contributed by atoms with Crippen molar-refractivity contribution in [3.05, 3.63) is 71.4 Å². The van der Waals surface area contributed by atoms with Crippen molar-refractivity contribution in [2.75, 3.05) is 0 Å². The number of hydrogen-bond acceptors (Lipinski definition) is 3. The van der Waals surface area contributed by atoms with E-state index in [1.165, 1.54) is 11.1 Å². The Balaban J connectivity index is 1.39. The van der Waals surface area contributed by atoms with E-state index in [0.29, 0.717) is 0 Å². The lowest BCUT2D eigenvalue weighted by molar-refractivity contribution is 0.807. The van der Waals surface area contributed by atoms with E-state index in [-0.39, 0.29) is 0 Å². The lowest BCUT2D eigenvalue weighted by Crippen LogP contribution is -1.97. The Morgan fingerprint density at radius 2 is 1.92 bits per heavy atom. The Labute approximate surface area is 139 Å². The summed E-state index contributed by atoms with van der Waals surface area (Å²) in [5.74, 6) is 1.96. The van der Waals surface area contributed by atoms with Crippen molar-refractivity contribution >= 4 is 5.65 Å². The molecule has 0 fully saturated rings. The van der Waals surface area contributed by atoms with Crippen molar-refractivity contribution in [2.45, 2.75) is 26.3 Å². The van der Waals surface area contributed by atoms with Gasteiger partial charge in [0, 0.05) is 30.4 Å². The Morgan fingerprint density at radius 3 is 2.83 bits per heavy atom. The van der Waals surface area contributed by atoms with Crippen molar-refractivity contribution in [3.63, 3.8) is 0 Å². The lowest BCUT2D eigenvalue weighted by atomic mass is 10.1. The molecule has 1 aromatic carbocycles. The second-order valence-corrected chi connectivity index (χ2v) is 6.31. The van der Waals surface area contributed by atoms with Crippen LogP contribution < -0.4 is 0 Å².